The Hall–Kier alpha value is -1.35. The van der Waals surface area contributed by atoms with Crippen molar-refractivity contribution in [2.75, 3.05) is 13.1 Å². The van der Waals surface area contributed by atoms with Crippen molar-refractivity contribution in [3.8, 4) is 0 Å². The van der Waals surface area contributed by atoms with Gasteiger partial charge in [0.05, 0.1) is 6.04 Å². The van der Waals surface area contributed by atoms with Crippen molar-refractivity contribution in [3.63, 3.8) is 0 Å². The zero-order valence-electron chi connectivity index (χ0n) is 12.9. The van der Waals surface area contributed by atoms with E-state index in [4.69, 9.17) is 0 Å². The Kier molecular flexibility index (Phi) is 4.59. The molecule has 3 heteroatoms. The van der Waals surface area contributed by atoms with E-state index in [0.717, 1.165) is 25.9 Å². The van der Waals surface area contributed by atoms with Gasteiger partial charge in [0.15, 0.2) is 0 Å². The maximum atomic E-state index is 12.3. The van der Waals surface area contributed by atoms with Crippen LogP contribution in [0.4, 0.5) is 0 Å². The molecule has 3 nitrogen and oxygen atoms in total. The molecule has 1 fully saturated rings. The van der Waals surface area contributed by atoms with E-state index >= 15 is 0 Å². The minimum atomic E-state index is 0.225. The molecule has 21 heavy (non-hydrogen) atoms. The van der Waals surface area contributed by atoms with E-state index in [2.05, 4.69) is 41.8 Å². The smallest absolute Gasteiger partial charge is 0.220 e. The monoisotopic (exact) mass is 286 g/mol. The number of nitrogens with one attached hydrogen (secondary N) is 2. The molecule has 114 valence electrons. The van der Waals surface area contributed by atoms with Crippen LogP contribution < -0.4 is 10.6 Å². The van der Waals surface area contributed by atoms with Crippen LogP contribution in [0, 0.1) is 11.8 Å². The van der Waals surface area contributed by atoms with Crippen molar-refractivity contribution < 1.29 is 4.79 Å². The lowest BCUT2D eigenvalue weighted by Crippen LogP contribution is -2.34. The van der Waals surface area contributed by atoms with Crippen LogP contribution in [0.1, 0.15) is 49.8 Å². The van der Waals surface area contributed by atoms with Gasteiger partial charge in [-0.2, -0.15) is 0 Å². The Morgan fingerprint density at radius 3 is 2.86 bits per heavy atom. The van der Waals surface area contributed by atoms with Crippen LogP contribution in [0.5, 0.6) is 0 Å². The molecule has 2 aliphatic rings. The zero-order valence-corrected chi connectivity index (χ0v) is 12.9. The van der Waals surface area contributed by atoms with Crippen molar-refractivity contribution in [2.24, 2.45) is 11.8 Å². The summed E-state index contributed by atoms with van der Waals surface area (Å²) in [6.45, 7) is 4.44. The van der Waals surface area contributed by atoms with Crippen LogP contribution in [0.3, 0.4) is 0 Å². The van der Waals surface area contributed by atoms with Gasteiger partial charge in [-0.25, -0.2) is 0 Å². The highest BCUT2D eigenvalue weighted by Gasteiger charge is 2.26. The lowest BCUT2D eigenvalue weighted by molar-refractivity contribution is -0.123. The maximum Gasteiger partial charge on any atom is 0.220 e. The Morgan fingerprint density at radius 1 is 1.29 bits per heavy atom. The SMILES string of the molecule is CC(CC(=O)NC1CCc2ccccc21)C1CCNCC1. The molecule has 1 aliphatic heterocycles. The molecule has 1 aromatic carbocycles. The van der Waals surface area contributed by atoms with Crippen LogP contribution in [-0.4, -0.2) is 19.0 Å². The van der Waals surface area contributed by atoms with Crippen LogP contribution >= 0.6 is 0 Å². The third kappa shape index (κ3) is 3.46. The van der Waals surface area contributed by atoms with E-state index in [0.29, 0.717) is 18.3 Å². The highest BCUT2D eigenvalue weighted by atomic mass is 16.1. The van der Waals surface area contributed by atoms with Crippen molar-refractivity contribution in [3.05, 3.63) is 35.4 Å². The van der Waals surface area contributed by atoms with Gasteiger partial charge in [-0.05, 0) is 61.7 Å². The van der Waals surface area contributed by atoms with Gasteiger partial charge in [0.2, 0.25) is 5.91 Å². The quantitative estimate of drug-likeness (QED) is 0.893. The van der Waals surface area contributed by atoms with E-state index in [-0.39, 0.29) is 11.9 Å². The minimum Gasteiger partial charge on any atom is -0.349 e. The number of benzene rings is 1. The number of piperidine rings is 1. The fourth-order valence-corrected chi connectivity index (χ4v) is 3.83. The summed E-state index contributed by atoms with van der Waals surface area (Å²) in [6, 6.07) is 8.72. The predicted octanol–water partition coefficient (Wildman–Crippen LogP) is 2.82. The lowest BCUT2D eigenvalue weighted by atomic mass is 9.84. The van der Waals surface area contributed by atoms with Gasteiger partial charge in [0.25, 0.3) is 0 Å². The largest absolute Gasteiger partial charge is 0.349 e. The zero-order chi connectivity index (χ0) is 14.7. The molecule has 2 N–H and O–H groups in total. The van der Waals surface area contributed by atoms with E-state index in [9.17, 15) is 4.79 Å². The van der Waals surface area contributed by atoms with Crippen molar-refractivity contribution in [2.45, 2.75) is 45.1 Å². The molecule has 2 atom stereocenters. The summed E-state index contributed by atoms with van der Waals surface area (Å²) in [4.78, 5) is 12.3. The number of fused-ring (bicyclic) bond motifs is 1. The highest BCUT2D eigenvalue weighted by molar-refractivity contribution is 5.77. The molecule has 3 rings (SSSR count). The fourth-order valence-electron chi connectivity index (χ4n) is 3.83. The van der Waals surface area contributed by atoms with Gasteiger partial charge in [-0.3, -0.25) is 4.79 Å². The van der Waals surface area contributed by atoms with Crippen LogP contribution in [0.15, 0.2) is 24.3 Å². The third-order valence-electron chi connectivity index (χ3n) is 5.16. The van der Waals surface area contributed by atoms with Gasteiger partial charge in [-0.15, -0.1) is 0 Å². The number of amides is 1. The summed E-state index contributed by atoms with van der Waals surface area (Å²) < 4.78 is 0. The number of aryl methyl sites for hydroxylation is 1. The summed E-state index contributed by atoms with van der Waals surface area (Å²) in [5.74, 6) is 1.42. The molecule has 0 saturated carbocycles. The van der Waals surface area contributed by atoms with E-state index in [1.807, 2.05) is 0 Å². The first-order chi connectivity index (χ1) is 10.2. The Bertz CT molecular complexity index is 494. The summed E-state index contributed by atoms with van der Waals surface area (Å²) >= 11 is 0. The second kappa shape index (κ2) is 6.61. The topological polar surface area (TPSA) is 41.1 Å². The number of rotatable bonds is 4. The molecule has 1 aliphatic carbocycles. The van der Waals surface area contributed by atoms with Gasteiger partial charge < -0.3 is 10.6 Å². The number of hydrogen-bond acceptors (Lipinski definition) is 2. The van der Waals surface area contributed by atoms with Crippen LogP contribution in [0.25, 0.3) is 0 Å². The summed E-state index contributed by atoms with van der Waals surface area (Å²) in [5, 5.41) is 6.64. The predicted molar refractivity (Wildman–Crippen MR) is 85.0 cm³/mol. The standard InChI is InChI=1S/C18H26N2O/c1-13(14-8-10-19-11-9-14)12-18(21)20-17-7-6-15-4-2-3-5-16(15)17/h2-5,13-14,17,19H,6-12H2,1H3,(H,20,21). The maximum absolute atomic E-state index is 12.3. The van der Waals surface area contributed by atoms with Crippen molar-refractivity contribution in [1.82, 2.24) is 10.6 Å². The number of hydrogen-bond donors (Lipinski definition) is 2. The summed E-state index contributed by atoms with van der Waals surface area (Å²) in [7, 11) is 0. The Labute approximate surface area is 127 Å². The molecule has 0 radical (unpaired) electrons. The van der Waals surface area contributed by atoms with Gasteiger partial charge in [0.1, 0.15) is 0 Å². The summed E-state index contributed by atoms with van der Waals surface area (Å²) in [6.07, 6.45) is 5.22. The number of carbonyl (C=O) groups excluding carboxylic acids is 1. The minimum absolute atomic E-state index is 0.225. The molecule has 1 amide bonds. The first kappa shape index (κ1) is 14.6. The molecule has 1 saturated heterocycles. The van der Waals surface area contributed by atoms with Gasteiger partial charge in [0, 0.05) is 6.42 Å². The molecule has 1 heterocycles. The van der Waals surface area contributed by atoms with Crippen molar-refractivity contribution in [1.29, 1.82) is 0 Å². The molecular formula is C18H26N2O. The normalized spacial score (nSPS) is 23.6. The van der Waals surface area contributed by atoms with Crippen LogP contribution in [-0.2, 0) is 11.2 Å². The van der Waals surface area contributed by atoms with Gasteiger partial charge in [-0.1, -0.05) is 31.2 Å². The van der Waals surface area contributed by atoms with E-state index in [1.54, 1.807) is 0 Å². The van der Waals surface area contributed by atoms with Gasteiger partial charge >= 0.3 is 0 Å². The third-order valence-corrected chi connectivity index (χ3v) is 5.16. The molecule has 1 aromatic rings. The van der Waals surface area contributed by atoms with Crippen LogP contribution in [0.2, 0.25) is 0 Å². The van der Waals surface area contributed by atoms with E-state index in [1.165, 1.54) is 24.0 Å². The molecular weight excluding hydrogens is 260 g/mol. The molecule has 0 bridgehead atoms. The second-order valence-electron chi connectivity index (χ2n) is 6.63. The molecule has 0 aromatic heterocycles. The highest BCUT2D eigenvalue weighted by Crippen LogP contribution is 2.31. The lowest BCUT2D eigenvalue weighted by Gasteiger charge is -2.28. The first-order valence-corrected chi connectivity index (χ1v) is 8.32. The number of carbonyl (C=O) groups is 1. The molecule has 2 unspecified atom stereocenters. The second-order valence-corrected chi connectivity index (χ2v) is 6.63. The Morgan fingerprint density at radius 2 is 2.05 bits per heavy atom. The summed E-state index contributed by atoms with van der Waals surface area (Å²) in [5.41, 5.74) is 2.72. The first-order valence-electron chi connectivity index (χ1n) is 8.32. The van der Waals surface area contributed by atoms with E-state index < -0.39 is 0 Å². The molecule has 0 spiro atoms. The van der Waals surface area contributed by atoms with Crippen molar-refractivity contribution >= 4 is 5.91 Å². The Balaban J connectivity index is 1.53. The average Bonchev–Trinajstić information content (AvgIpc) is 2.91. The average molecular weight is 286 g/mol. The fraction of sp³-hybridized carbons (Fsp3) is 0.611.